The van der Waals surface area contributed by atoms with Crippen LogP contribution in [-0.4, -0.2) is 20.0 Å². The van der Waals surface area contributed by atoms with Crippen molar-refractivity contribution in [3.63, 3.8) is 0 Å². The summed E-state index contributed by atoms with van der Waals surface area (Å²) in [5.74, 6) is 1.75. The van der Waals surface area contributed by atoms with E-state index >= 15 is 0 Å². The molecule has 0 aliphatic rings. The lowest BCUT2D eigenvalue weighted by Gasteiger charge is -2.10. The van der Waals surface area contributed by atoms with Gasteiger partial charge < -0.3 is 9.30 Å². The van der Waals surface area contributed by atoms with Crippen LogP contribution in [0, 0.1) is 0 Å². The van der Waals surface area contributed by atoms with Gasteiger partial charge in [0.2, 0.25) is 0 Å². The van der Waals surface area contributed by atoms with Crippen LogP contribution < -0.4 is 4.74 Å². The van der Waals surface area contributed by atoms with Gasteiger partial charge in [0.25, 0.3) is 0 Å². The standard InChI is InChI=1S/C16H23N3OS/c1-5-13-7-9-14(10-8-13)20-11-15-17-18-16(19(15)6-2)21-12(3)4/h7-10,12H,5-6,11H2,1-4H3. The molecule has 0 aliphatic heterocycles. The first kappa shape index (κ1) is 15.9. The summed E-state index contributed by atoms with van der Waals surface area (Å²) in [5.41, 5.74) is 1.31. The fraction of sp³-hybridized carbons (Fsp3) is 0.500. The van der Waals surface area contributed by atoms with Gasteiger partial charge in [0.05, 0.1) is 0 Å². The summed E-state index contributed by atoms with van der Waals surface area (Å²) in [7, 11) is 0. The second kappa shape index (κ2) is 7.50. The summed E-state index contributed by atoms with van der Waals surface area (Å²) < 4.78 is 7.94. The molecule has 0 bridgehead atoms. The first-order valence-electron chi connectivity index (χ1n) is 7.44. The number of benzene rings is 1. The molecule has 0 unspecified atom stereocenters. The number of rotatable bonds is 7. The van der Waals surface area contributed by atoms with Crippen LogP contribution in [-0.2, 0) is 19.6 Å². The molecule has 4 nitrogen and oxygen atoms in total. The van der Waals surface area contributed by atoms with Crippen LogP contribution in [0.3, 0.4) is 0 Å². The normalized spacial score (nSPS) is 11.1. The summed E-state index contributed by atoms with van der Waals surface area (Å²) in [6.07, 6.45) is 1.04. The molecular weight excluding hydrogens is 282 g/mol. The summed E-state index contributed by atoms with van der Waals surface area (Å²) in [6, 6.07) is 8.21. The van der Waals surface area contributed by atoms with E-state index in [0.29, 0.717) is 11.9 Å². The Morgan fingerprint density at radius 3 is 2.43 bits per heavy atom. The van der Waals surface area contributed by atoms with Crippen LogP contribution in [0.4, 0.5) is 0 Å². The highest BCUT2D eigenvalue weighted by molar-refractivity contribution is 7.99. The highest BCUT2D eigenvalue weighted by atomic mass is 32.2. The predicted molar refractivity (Wildman–Crippen MR) is 86.8 cm³/mol. The Labute approximate surface area is 130 Å². The number of aromatic nitrogens is 3. The second-order valence-corrected chi connectivity index (χ2v) is 6.64. The monoisotopic (exact) mass is 305 g/mol. The fourth-order valence-electron chi connectivity index (χ4n) is 2.01. The van der Waals surface area contributed by atoms with E-state index in [9.17, 15) is 0 Å². The van der Waals surface area contributed by atoms with Crippen LogP contribution in [0.1, 0.15) is 39.1 Å². The number of hydrogen-bond acceptors (Lipinski definition) is 4. The maximum atomic E-state index is 5.82. The van der Waals surface area contributed by atoms with Gasteiger partial charge in [-0.1, -0.05) is 44.7 Å². The highest BCUT2D eigenvalue weighted by Gasteiger charge is 2.13. The lowest BCUT2D eigenvalue weighted by Crippen LogP contribution is -2.07. The Kier molecular flexibility index (Phi) is 5.67. The molecule has 0 saturated heterocycles. The average Bonchev–Trinajstić information content (AvgIpc) is 2.86. The Morgan fingerprint density at radius 1 is 1.14 bits per heavy atom. The molecule has 0 N–H and O–H groups in total. The lowest BCUT2D eigenvalue weighted by atomic mass is 10.2. The fourth-order valence-corrected chi connectivity index (χ4v) is 2.88. The van der Waals surface area contributed by atoms with Gasteiger partial charge >= 0.3 is 0 Å². The molecule has 0 saturated carbocycles. The number of nitrogens with zero attached hydrogens (tertiary/aromatic N) is 3. The molecule has 0 atom stereocenters. The smallest absolute Gasteiger partial charge is 0.191 e. The van der Waals surface area contributed by atoms with Crippen molar-refractivity contribution in [3.8, 4) is 5.75 Å². The predicted octanol–water partition coefficient (Wildman–Crippen LogP) is 3.94. The Hall–Kier alpha value is -1.49. The van der Waals surface area contributed by atoms with Crippen LogP contribution in [0.25, 0.3) is 0 Å². The molecule has 1 heterocycles. The first-order chi connectivity index (χ1) is 10.1. The maximum absolute atomic E-state index is 5.82. The van der Waals surface area contributed by atoms with Gasteiger partial charge in [0, 0.05) is 11.8 Å². The molecule has 2 aromatic rings. The molecule has 2 rings (SSSR count). The number of aryl methyl sites for hydroxylation is 1. The van der Waals surface area contributed by atoms with E-state index in [2.05, 4.69) is 54.6 Å². The molecular formula is C16H23N3OS. The van der Waals surface area contributed by atoms with Crippen LogP contribution in [0.2, 0.25) is 0 Å². The molecule has 0 spiro atoms. The zero-order chi connectivity index (χ0) is 15.2. The first-order valence-corrected chi connectivity index (χ1v) is 8.32. The molecule has 114 valence electrons. The van der Waals surface area contributed by atoms with Crippen molar-refractivity contribution in [2.24, 2.45) is 0 Å². The van der Waals surface area contributed by atoms with Gasteiger partial charge in [0.1, 0.15) is 12.4 Å². The zero-order valence-electron chi connectivity index (χ0n) is 13.2. The molecule has 0 fully saturated rings. The summed E-state index contributed by atoms with van der Waals surface area (Å²) in [4.78, 5) is 0. The SMILES string of the molecule is CCc1ccc(OCc2nnc(SC(C)C)n2CC)cc1. The van der Waals surface area contributed by atoms with Crippen molar-refractivity contribution < 1.29 is 4.74 Å². The van der Waals surface area contributed by atoms with E-state index in [1.807, 2.05) is 12.1 Å². The zero-order valence-corrected chi connectivity index (χ0v) is 14.0. The third-order valence-electron chi connectivity index (χ3n) is 3.15. The Balaban J connectivity index is 2.03. The summed E-state index contributed by atoms with van der Waals surface area (Å²) in [5, 5.41) is 9.98. The Morgan fingerprint density at radius 2 is 1.86 bits per heavy atom. The van der Waals surface area contributed by atoms with Crippen LogP contribution in [0.5, 0.6) is 5.75 Å². The van der Waals surface area contributed by atoms with Crippen LogP contribution >= 0.6 is 11.8 Å². The molecule has 0 amide bonds. The van der Waals surface area contributed by atoms with Gasteiger partial charge in [-0.25, -0.2) is 0 Å². The van der Waals surface area contributed by atoms with E-state index in [0.717, 1.165) is 29.7 Å². The minimum Gasteiger partial charge on any atom is -0.486 e. The topological polar surface area (TPSA) is 39.9 Å². The van der Waals surface area contributed by atoms with Gasteiger partial charge in [-0.15, -0.1) is 10.2 Å². The summed E-state index contributed by atoms with van der Waals surface area (Å²) >= 11 is 1.73. The second-order valence-electron chi connectivity index (χ2n) is 5.10. The molecule has 1 aromatic carbocycles. The van der Waals surface area contributed by atoms with E-state index in [-0.39, 0.29) is 0 Å². The molecule has 5 heteroatoms. The van der Waals surface area contributed by atoms with Crippen LogP contribution in [0.15, 0.2) is 29.4 Å². The van der Waals surface area contributed by atoms with E-state index in [1.54, 1.807) is 11.8 Å². The quantitative estimate of drug-likeness (QED) is 0.726. The van der Waals surface area contributed by atoms with Gasteiger partial charge in [-0.2, -0.15) is 0 Å². The Bertz CT molecular complexity index is 563. The number of hydrogen-bond donors (Lipinski definition) is 0. The van der Waals surface area contributed by atoms with Gasteiger partial charge in [-0.05, 0) is 31.0 Å². The number of ether oxygens (including phenoxy) is 1. The van der Waals surface area contributed by atoms with E-state index < -0.39 is 0 Å². The third kappa shape index (κ3) is 4.24. The van der Waals surface area contributed by atoms with Crippen molar-refractivity contribution in [2.45, 2.75) is 57.7 Å². The molecule has 0 aliphatic carbocycles. The van der Waals surface area contributed by atoms with E-state index in [4.69, 9.17) is 4.74 Å². The van der Waals surface area contributed by atoms with Crippen molar-refractivity contribution in [1.29, 1.82) is 0 Å². The highest BCUT2D eigenvalue weighted by Crippen LogP contribution is 2.22. The van der Waals surface area contributed by atoms with Crippen molar-refractivity contribution in [3.05, 3.63) is 35.7 Å². The molecule has 21 heavy (non-hydrogen) atoms. The van der Waals surface area contributed by atoms with E-state index in [1.165, 1.54) is 5.56 Å². The van der Waals surface area contributed by atoms with Crippen molar-refractivity contribution in [2.75, 3.05) is 0 Å². The van der Waals surface area contributed by atoms with Crippen molar-refractivity contribution >= 4 is 11.8 Å². The van der Waals surface area contributed by atoms with Gasteiger partial charge in [-0.3, -0.25) is 0 Å². The molecule has 1 aromatic heterocycles. The minimum atomic E-state index is 0.449. The van der Waals surface area contributed by atoms with Gasteiger partial charge in [0.15, 0.2) is 11.0 Å². The maximum Gasteiger partial charge on any atom is 0.191 e. The minimum absolute atomic E-state index is 0.449. The lowest BCUT2D eigenvalue weighted by molar-refractivity contribution is 0.288. The third-order valence-corrected chi connectivity index (χ3v) is 4.13. The largest absolute Gasteiger partial charge is 0.486 e. The molecule has 0 radical (unpaired) electrons. The summed E-state index contributed by atoms with van der Waals surface area (Å²) in [6.45, 7) is 9.87. The average molecular weight is 305 g/mol. The number of thioether (sulfide) groups is 1. The van der Waals surface area contributed by atoms with Crippen molar-refractivity contribution in [1.82, 2.24) is 14.8 Å².